The van der Waals surface area contributed by atoms with E-state index in [0.29, 0.717) is 47.5 Å². The molecule has 0 aliphatic rings. The number of carbonyl (C=O) groups excluding carboxylic acids is 1. The molecule has 9 heteroatoms. The number of aryl methyl sites for hydroxylation is 1. The molecule has 1 aromatic carbocycles. The second-order valence-electron chi connectivity index (χ2n) is 11.6. The summed E-state index contributed by atoms with van der Waals surface area (Å²) in [7, 11) is 7.64. The van der Waals surface area contributed by atoms with Gasteiger partial charge in [-0.25, -0.2) is 0 Å². The second kappa shape index (κ2) is 11.6. The average Bonchev–Trinajstić information content (AvgIpc) is 2.76. The van der Waals surface area contributed by atoms with Gasteiger partial charge in [-0.3, -0.25) is 4.79 Å². The van der Waals surface area contributed by atoms with Crippen LogP contribution < -0.4 is 20.9 Å². The molecule has 2 aromatic rings. The van der Waals surface area contributed by atoms with Gasteiger partial charge in [0, 0.05) is 45.0 Å². The maximum atomic E-state index is 12.2. The first-order valence-electron chi connectivity index (χ1n) is 12.2. The molecular weight excluding hydrogens is 452 g/mol. The highest BCUT2D eigenvalue weighted by Gasteiger charge is 2.24. The molecule has 1 aromatic heterocycles. The Morgan fingerprint density at radius 3 is 2.31 bits per heavy atom. The minimum absolute atomic E-state index is 0.000253. The average molecular weight is 495 g/mol. The van der Waals surface area contributed by atoms with Crippen LogP contribution in [0.5, 0.6) is 0 Å². The zero-order chi connectivity index (χ0) is 27.3. The molecular formula is C27H42N8O. The van der Waals surface area contributed by atoms with Gasteiger partial charge in [0.25, 0.3) is 5.91 Å². The summed E-state index contributed by atoms with van der Waals surface area (Å²) in [5, 5.41) is 19.5. The van der Waals surface area contributed by atoms with Crippen molar-refractivity contribution < 1.29 is 4.79 Å². The normalized spacial score (nSPS) is 11.7. The van der Waals surface area contributed by atoms with Crippen LogP contribution in [0.4, 0.5) is 23.3 Å². The first kappa shape index (κ1) is 28.9. The van der Waals surface area contributed by atoms with Gasteiger partial charge in [-0.05, 0) is 49.5 Å². The van der Waals surface area contributed by atoms with Crippen LogP contribution >= 0.6 is 0 Å². The fraction of sp³-hybridized carbons (Fsp3) is 0.556. The third kappa shape index (κ3) is 8.09. The number of amides is 1. The molecule has 0 unspecified atom stereocenters. The predicted molar refractivity (Wildman–Crippen MR) is 148 cm³/mol. The van der Waals surface area contributed by atoms with Gasteiger partial charge in [0.1, 0.15) is 11.6 Å². The molecule has 3 N–H and O–H groups in total. The monoisotopic (exact) mass is 494 g/mol. The van der Waals surface area contributed by atoms with E-state index in [2.05, 4.69) is 75.6 Å². The molecule has 1 heterocycles. The number of hydrogen-bond acceptors (Lipinski definition) is 8. The van der Waals surface area contributed by atoms with Crippen molar-refractivity contribution in [2.75, 3.05) is 63.4 Å². The molecule has 0 radical (unpaired) electrons. The molecule has 9 nitrogen and oxygen atoms in total. The number of nitriles is 1. The van der Waals surface area contributed by atoms with Crippen molar-refractivity contribution in [3.63, 3.8) is 0 Å². The molecule has 196 valence electrons. The minimum atomic E-state index is -0.183. The first-order valence-corrected chi connectivity index (χ1v) is 12.2. The van der Waals surface area contributed by atoms with Crippen LogP contribution in [-0.2, 0) is 0 Å². The van der Waals surface area contributed by atoms with Crippen LogP contribution in [0, 0.1) is 29.1 Å². The van der Waals surface area contributed by atoms with E-state index in [0.717, 1.165) is 12.1 Å². The summed E-state index contributed by atoms with van der Waals surface area (Å²) in [6.07, 6.45) is 0. The Morgan fingerprint density at radius 1 is 1.08 bits per heavy atom. The van der Waals surface area contributed by atoms with E-state index in [4.69, 9.17) is 9.97 Å². The molecule has 0 spiro atoms. The highest BCUT2D eigenvalue weighted by atomic mass is 16.1. The van der Waals surface area contributed by atoms with Gasteiger partial charge >= 0.3 is 0 Å². The first-order chi connectivity index (χ1) is 16.7. The summed E-state index contributed by atoms with van der Waals surface area (Å²) in [4.78, 5) is 25.8. The number of hydrogen-bond donors (Lipinski definition) is 3. The van der Waals surface area contributed by atoms with Crippen molar-refractivity contribution in [1.29, 1.82) is 5.26 Å². The summed E-state index contributed by atoms with van der Waals surface area (Å²) < 4.78 is 0. The van der Waals surface area contributed by atoms with E-state index in [1.54, 1.807) is 19.2 Å². The summed E-state index contributed by atoms with van der Waals surface area (Å²) in [5.74, 6) is 1.21. The molecule has 1 amide bonds. The largest absolute Gasteiger partial charge is 0.358 e. The van der Waals surface area contributed by atoms with Crippen LogP contribution in [-0.4, -0.2) is 68.6 Å². The lowest BCUT2D eigenvalue weighted by Crippen LogP contribution is -2.35. The number of benzene rings is 1. The summed E-state index contributed by atoms with van der Waals surface area (Å²) in [6.45, 7) is 15.0. The van der Waals surface area contributed by atoms with Gasteiger partial charge < -0.3 is 25.8 Å². The van der Waals surface area contributed by atoms with Crippen LogP contribution in [0.15, 0.2) is 18.2 Å². The van der Waals surface area contributed by atoms with Crippen LogP contribution in [0.3, 0.4) is 0 Å². The van der Waals surface area contributed by atoms with Gasteiger partial charge in [-0.15, -0.1) is 0 Å². The third-order valence-corrected chi connectivity index (χ3v) is 5.52. The fourth-order valence-electron chi connectivity index (χ4n) is 4.18. The van der Waals surface area contributed by atoms with Crippen molar-refractivity contribution in [3.05, 3.63) is 34.9 Å². The number of anilines is 4. The van der Waals surface area contributed by atoms with E-state index < -0.39 is 0 Å². The smallest absolute Gasteiger partial charge is 0.251 e. The molecule has 0 aliphatic carbocycles. The van der Waals surface area contributed by atoms with Gasteiger partial charge in [-0.1, -0.05) is 40.7 Å². The quantitative estimate of drug-likeness (QED) is 0.450. The number of nitrogens with one attached hydrogen (secondary N) is 3. The number of rotatable bonds is 10. The Hall–Kier alpha value is -3.38. The van der Waals surface area contributed by atoms with Crippen molar-refractivity contribution in [2.45, 2.75) is 41.5 Å². The van der Waals surface area contributed by atoms with Crippen LogP contribution in [0.1, 0.15) is 56.1 Å². The molecule has 0 atom stereocenters. The lowest BCUT2D eigenvalue weighted by atomic mass is 9.93. The SMILES string of the molecule is CNC(=O)c1ccc(C)c(Nc2nc(NCC(C)(C)CN(C)C)nc(N(C)CC(C)(C)C)c2C#N)c1. The Morgan fingerprint density at radius 2 is 1.75 bits per heavy atom. The van der Waals surface area contributed by atoms with Crippen molar-refractivity contribution in [3.8, 4) is 6.07 Å². The standard InChI is InChI=1S/C27H42N8O/c1-18-11-12-19(24(36)29-7)13-21(18)31-22-20(14-28)23(35(10)16-26(2,3)4)33-25(32-22)30-15-27(5,6)17-34(8)9/h11-13H,15-17H2,1-10H3,(H,29,36)(H2,30,31,32,33). The topological polar surface area (TPSA) is 109 Å². The van der Waals surface area contributed by atoms with Gasteiger partial charge in [0.05, 0.1) is 0 Å². The molecule has 0 saturated carbocycles. The summed E-state index contributed by atoms with van der Waals surface area (Å²) >= 11 is 0. The maximum Gasteiger partial charge on any atom is 0.251 e. The highest BCUT2D eigenvalue weighted by Crippen LogP contribution is 2.31. The molecule has 36 heavy (non-hydrogen) atoms. The van der Waals surface area contributed by atoms with Crippen molar-refractivity contribution in [1.82, 2.24) is 20.2 Å². The maximum absolute atomic E-state index is 12.2. The zero-order valence-corrected chi connectivity index (χ0v) is 23.5. The third-order valence-electron chi connectivity index (χ3n) is 5.52. The predicted octanol–water partition coefficient (Wildman–Crippen LogP) is 4.24. The van der Waals surface area contributed by atoms with Gasteiger partial charge in [-0.2, -0.15) is 15.2 Å². The summed E-state index contributed by atoms with van der Waals surface area (Å²) in [6, 6.07) is 7.71. The Bertz CT molecular complexity index is 1110. The Labute approximate surface area is 216 Å². The second-order valence-corrected chi connectivity index (χ2v) is 11.6. The Balaban J connectivity index is 2.56. The van der Waals surface area contributed by atoms with E-state index in [9.17, 15) is 10.1 Å². The van der Waals surface area contributed by atoms with E-state index in [-0.39, 0.29) is 16.7 Å². The molecule has 0 bridgehead atoms. The van der Waals surface area contributed by atoms with Crippen LogP contribution in [0.2, 0.25) is 0 Å². The minimum Gasteiger partial charge on any atom is -0.358 e. The van der Waals surface area contributed by atoms with E-state index in [1.165, 1.54) is 0 Å². The van der Waals surface area contributed by atoms with Crippen molar-refractivity contribution >= 4 is 29.2 Å². The molecule has 0 saturated heterocycles. The highest BCUT2D eigenvalue weighted by molar-refractivity contribution is 5.95. The number of carbonyl (C=O) groups is 1. The Kier molecular flexibility index (Phi) is 9.27. The van der Waals surface area contributed by atoms with Crippen molar-refractivity contribution in [2.24, 2.45) is 10.8 Å². The summed E-state index contributed by atoms with van der Waals surface area (Å²) in [5.41, 5.74) is 2.48. The van der Waals surface area contributed by atoms with E-state index in [1.807, 2.05) is 24.9 Å². The lowest BCUT2D eigenvalue weighted by molar-refractivity contribution is 0.0963. The molecule has 2 rings (SSSR count). The zero-order valence-electron chi connectivity index (χ0n) is 23.5. The molecule has 0 fully saturated rings. The van der Waals surface area contributed by atoms with Gasteiger partial charge in [0.2, 0.25) is 5.95 Å². The van der Waals surface area contributed by atoms with Crippen LogP contribution in [0.25, 0.3) is 0 Å². The number of nitrogens with zero attached hydrogens (tertiary/aromatic N) is 5. The lowest BCUT2D eigenvalue weighted by Gasteiger charge is -2.30. The molecule has 0 aliphatic heterocycles. The van der Waals surface area contributed by atoms with E-state index >= 15 is 0 Å². The number of aromatic nitrogens is 2. The fourth-order valence-corrected chi connectivity index (χ4v) is 4.18. The van der Waals surface area contributed by atoms with Gasteiger partial charge in [0.15, 0.2) is 11.6 Å².